The number of aryl methyl sites for hydroxylation is 1. The Bertz CT molecular complexity index is 1260. The Labute approximate surface area is 179 Å². The highest BCUT2D eigenvalue weighted by molar-refractivity contribution is 7.90. The number of nitro benzene ring substituents is 3. The molecule has 0 aromatic heterocycles. The van der Waals surface area contributed by atoms with E-state index in [1.54, 1.807) is 0 Å². The Morgan fingerprint density at radius 2 is 1.69 bits per heavy atom. The minimum Gasteiger partial charge on any atom is -0.338 e. The van der Waals surface area contributed by atoms with Gasteiger partial charge in [-0.1, -0.05) is 6.07 Å². The number of nitrogens with one attached hydrogen (secondary N) is 2. The molecule has 1 aliphatic heterocycles. The first-order valence-electron chi connectivity index (χ1n) is 8.73. The maximum absolute atomic E-state index is 12.6. The number of hydrogen-bond acceptors (Lipinski definition) is 11. The Hall–Kier alpha value is -4.34. The molecular weight excluding hydrogens is 450 g/mol. The number of hydrogen-bond donors (Lipinski definition) is 2. The van der Waals surface area contributed by atoms with Crippen molar-refractivity contribution in [1.82, 2.24) is 10.0 Å². The molecule has 16 heteroatoms. The zero-order valence-corrected chi connectivity index (χ0v) is 17.1. The predicted octanol–water partition coefficient (Wildman–Crippen LogP) is 1.38. The van der Waals surface area contributed by atoms with Crippen LogP contribution >= 0.6 is 0 Å². The molecule has 2 aromatic carbocycles. The molecule has 15 nitrogen and oxygen atoms in total. The molecule has 0 saturated heterocycles. The lowest BCUT2D eigenvalue weighted by molar-refractivity contribution is -0.393. The first-order chi connectivity index (χ1) is 15.0. The number of nitro groups is 3. The van der Waals surface area contributed by atoms with Crippen LogP contribution in [0.5, 0.6) is 0 Å². The van der Waals surface area contributed by atoms with Crippen molar-refractivity contribution in [2.24, 2.45) is 4.99 Å². The molecule has 0 amide bonds. The molecule has 2 aromatic rings. The predicted molar refractivity (Wildman–Crippen MR) is 111 cm³/mol. The van der Waals surface area contributed by atoms with E-state index in [0.29, 0.717) is 5.56 Å². The average Bonchev–Trinajstić information content (AvgIpc) is 2.73. The largest absolute Gasteiger partial charge is 0.338 e. The summed E-state index contributed by atoms with van der Waals surface area (Å²) < 4.78 is 27.3. The third kappa shape index (κ3) is 4.53. The molecule has 32 heavy (non-hydrogen) atoms. The van der Waals surface area contributed by atoms with E-state index in [9.17, 15) is 38.8 Å². The number of sulfonamides is 1. The molecule has 0 fully saturated rings. The lowest BCUT2D eigenvalue weighted by atomic mass is 10.2. The summed E-state index contributed by atoms with van der Waals surface area (Å²) in [6, 6.07) is 6.57. The van der Waals surface area contributed by atoms with E-state index in [1.807, 2.05) is 0 Å². The van der Waals surface area contributed by atoms with E-state index < -0.39 is 36.2 Å². The van der Waals surface area contributed by atoms with Crippen molar-refractivity contribution >= 4 is 38.7 Å². The molecule has 2 N–H and O–H groups in total. The Balaban J connectivity index is 1.81. The summed E-state index contributed by atoms with van der Waals surface area (Å²) in [4.78, 5) is 36.0. The Kier molecular flexibility index (Phi) is 5.88. The van der Waals surface area contributed by atoms with Gasteiger partial charge in [0.2, 0.25) is 5.96 Å². The molecule has 1 heterocycles. The van der Waals surface area contributed by atoms with Crippen molar-refractivity contribution in [2.75, 3.05) is 18.2 Å². The van der Waals surface area contributed by atoms with Gasteiger partial charge in [-0.05, 0) is 19.1 Å². The third-order valence-corrected chi connectivity index (χ3v) is 5.80. The van der Waals surface area contributed by atoms with Crippen LogP contribution in [0.3, 0.4) is 0 Å². The SMILES string of the molecule is Cc1ccc(S(=O)(=O)NC2=NCN(c3ccc([N+](=O)[O-])cc3[N+](=O)[O-])CN2)cc1[N+](=O)[O-]. The summed E-state index contributed by atoms with van der Waals surface area (Å²) in [6.07, 6.45) is 0. The van der Waals surface area contributed by atoms with Crippen LogP contribution < -0.4 is 14.9 Å². The monoisotopic (exact) mass is 465 g/mol. The van der Waals surface area contributed by atoms with Crippen LogP contribution in [0.1, 0.15) is 5.56 Å². The van der Waals surface area contributed by atoms with Crippen molar-refractivity contribution in [3.05, 3.63) is 72.3 Å². The average molecular weight is 465 g/mol. The van der Waals surface area contributed by atoms with Crippen LogP contribution in [0.25, 0.3) is 0 Å². The van der Waals surface area contributed by atoms with Gasteiger partial charge in [-0.25, -0.2) is 18.1 Å². The van der Waals surface area contributed by atoms with Gasteiger partial charge in [0, 0.05) is 17.7 Å². The summed E-state index contributed by atoms with van der Waals surface area (Å²) in [5.74, 6) is -0.172. The number of anilines is 1. The number of guanidine groups is 1. The molecule has 0 radical (unpaired) electrons. The second kappa shape index (κ2) is 8.42. The minimum absolute atomic E-state index is 0.0490. The number of rotatable bonds is 6. The summed E-state index contributed by atoms with van der Waals surface area (Å²) in [5, 5.41) is 35.9. The second-order valence-corrected chi connectivity index (χ2v) is 8.20. The maximum Gasteiger partial charge on any atom is 0.299 e. The number of benzene rings is 2. The van der Waals surface area contributed by atoms with Gasteiger partial charge < -0.3 is 10.2 Å². The zero-order chi connectivity index (χ0) is 23.6. The van der Waals surface area contributed by atoms with Crippen LogP contribution in [-0.4, -0.2) is 42.5 Å². The molecule has 0 unspecified atom stereocenters. The summed E-state index contributed by atoms with van der Waals surface area (Å²) in [6.45, 7) is 1.17. The summed E-state index contributed by atoms with van der Waals surface area (Å²) in [7, 11) is -4.20. The molecular formula is C16H15N7O8S. The number of nitrogens with zero attached hydrogens (tertiary/aromatic N) is 5. The molecule has 168 valence electrons. The number of aliphatic imine (C=N–C) groups is 1. The Morgan fingerprint density at radius 1 is 1.00 bits per heavy atom. The maximum atomic E-state index is 12.6. The van der Waals surface area contributed by atoms with E-state index in [-0.39, 0.29) is 35.6 Å². The van der Waals surface area contributed by atoms with E-state index >= 15 is 0 Å². The van der Waals surface area contributed by atoms with Gasteiger partial charge in [0.15, 0.2) is 0 Å². The quantitative estimate of drug-likeness (QED) is 0.463. The van der Waals surface area contributed by atoms with Gasteiger partial charge in [0.25, 0.3) is 27.1 Å². The first kappa shape index (κ1) is 22.3. The van der Waals surface area contributed by atoms with Crippen molar-refractivity contribution < 1.29 is 23.2 Å². The Morgan fingerprint density at radius 3 is 2.25 bits per heavy atom. The van der Waals surface area contributed by atoms with Crippen LogP contribution in [0.4, 0.5) is 22.7 Å². The highest BCUT2D eigenvalue weighted by atomic mass is 32.2. The van der Waals surface area contributed by atoms with Crippen LogP contribution in [0, 0.1) is 37.3 Å². The van der Waals surface area contributed by atoms with E-state index in [0.717, 1.165) is 18.2 Å². The van der Waals surface area contributed by atoms with E-state index in [1.165, 1.54) is 30.0 Å². The van der Waals surface area contributed by atoms with Gasteiger partial charge in [-0.15, -0.1) is 0 Å². The van der Waals surface area contributed by atoms with Gasteiger partial charge in [0.1, 0.15) is 12.4 Å². The number of non-ortho nitro benzene ring substituents is 1. The first-order valence-corrected chi connectivity index (χ1v) is 10.2. The lowest BCUT2D eigenvalue weighted by Gasteiger charge is -2.28. The molecule has 0 aliphatic carbocycles. The normalized spacial score (nSPS) is 13.7. The molecule has 0 atom stereocenters. The third-order valence-electron chi connectivity index (χ3n) is 4.46. The summed E-state index contributed by atoms with van der Waals surface area (Å²) >= 11 is 0. The standard InChI is InChI=1S/C16H15N7O8S/c1-10-2-4-12(7-14(10)22(26)27)32(30,31)19-16-17-8-20(9-18-16)13-5-3-11(21(24)25)6-15(13)23(28)29/h2-7H,8-9H2,1H3,(H2,17,18,19). The fourth-order valence-corrected chi connectivity index (χ4v) is 3.86. The van der Waals surface area contributed by atoms with Crippen molar-refractivity contribution in [1.29, 1.82) is 0 Å². The van der Waals surface area contributed by atoms with Crippen molar-refractivity contribution in [3.63, 3.8) is 0 Å². The minimum atomic E-state index is -4.20. The van der Waals surface area contributed by atoms with Crippen molar-refractivity contribution in [3.8, 4) is 0 Å². The molecule has 0 bridgehead atoms. The molecule has 1 aliphatic rings. The van der Waals surface area contributed by atoms with E-state index in [2.05, 4.69) is 15.0 Å². The topological polar surface area (TPSA) is 203 Å². The highest BCUT2D eigenvalue weighted by Crippen LogP contribution is 2.32. The highest BCUT2D eigenvalue weighted by Gasteiger charge is 2.27. The van der Waals surface area contributed by atoms with Gasteiger partial charge in [-0.3, -0.25) is 30.3 Å². The summed E-state index contributed by atoms with van der Waals surface area (Å²) in [5.41, 5.74) is -0.972. The van der Waals surface area contributed by atoms with Gasteiger partial charge >= 0.3 is 0 Å². The van der Waals surface area contributed by atoms with Crippen LogP contribution in [-0.2, 0) is 10.0 Å². The van der Waals surface area contributed by atoms with Crippen molar-refractivity contribution in [2.45, 2.75) is 11.8 Å². The van der Waals surface area contributed by atoms with Gasteiger partial charge in [0.05, 0.1) is 32.4 Å². The fourth-order valence-electron chi connectivity index (χ4n) is 2.84. The molecule has 0 spiro atoms. The molecule has 3 rings (SSSR count). The van der Waals surface area contributed by atoms with Crippen LogP contribution in [0.15, 0.2) is 46.3 Å². The molecule has 0 saturated carbocycles. The van der Waals surface area contributed by atoms with Crippen LogP contribution in [0.2, 0.25) is 0 Å². The zero-order valence-electron chi connectivity index (χ0n) is 16.3. The van der Waals surface area contributed by atoms with E-state index in [4.69, 9.17) is 0 Å². The second-order valence-electron chi connectivity index (χ2n) is 6.52. The van der Waals surface area contributed by atoms with Gasteiger partial charge in [-0.2, -0.15) is 0 Å². The smallest absolute Gasteiger partial charge is 0.299 e. The lowest BCUT2D eigenvalue weighted by Crippen LogP contribution is -2.50. The fraction of sp³-hybridized carbons (Fsp3) is 0.188.